The van der Waals surface area contributed by atoms with Crippen molar-refractivity contribution >= 4 is 12.1 Å². The number of amides is 1. The Morgan fingerprint density at radius 2 is 1.92 bits per heavy atom. The van der Waals surface area contributed by atoms with Gasteiger partial charge in [0.05, 0.1) is 19.9 Å². The van der Waals surface area contributed by atoms with E-state index in [9.17, 15) is 4.79 Å². The molecule has 2 aromatic rings. The van der Waals surface area contributed by atoms with E-state index in [4.69, 9.17) is 9.47 Å². The molecule has 0 aromatic heterocycles. The maximum Gasteiger partial charge on any atom is 0.271 e. The van der Waals surface area contributed by atoms with Gasteiger partial charge in [-0.1, -0.05) is 32.0 Å². The minimum Gasteiger partial charge on any atom is -0.493 e. The van der Waals surface area contributed by atoms with E-state index in [0.29, 0.717) is 29.6 Å². The normalized spacial score (nSPS) is 10.9. The summed E-state index contributed by atoms with van der Waals surface area (Å²) in [6.45, 7) is 4.96. The highest BCUT2D eigenvalue weighted by atomic mass is 16.5. The molecule has 0 heterocycles. The van der Waals surface area contributed by atoms with Crippen molar-refractivity contribution in [2.75, 3.05) is 13.7 Å². The van der Waals surface area contributed by atoms with Crippen LogP contribution in [0.25, 0.3) is 0 Å². The van der Waals surface area contributed by atoms with Crippen molar-refractivity contribution in [3.8, 4) is 11.5 Å². The molecule has 0 atom stereocenters. The number of methoxy groups -OCH3 is 1. The van der Waals surface area contributed by atoms with E-state index in [1.807, 2.05) is 36.4 Å². The minimum absolute atomic E-state index is 0.252. The molecule has 132 valence electrons. The number of ether oxygens (including phenoxy) is 2. The first-order valence-electron chi connectivity index (χ1n) is 8.29. The number of carbonyl (C=O) groups excluding carboxylic acids is 1. The number of hydrogen-bond donors (Lipinski definition) is 1. The van der Waals surface area contributed by atoms with Gasteiger partial charge in [0.1, 0.15) is 0 Å². The summed E-state index contributed by atoms with van der Waals surface area (Å²) in [4.78, 5) is 11.9. The van der Waals surface area contributed by atoms with Crippen LogP contribution in [0, 0.1) is 5.92 Å². The van der Waals surface area contributed by atoms with Gasteiger partial charge >= 0.3 is 0 Å². The molecule has 0 saturated heterocycles. The summed E-state index contributed by atoms with van der Waals surface area (Å²) in [5, 5.41) is 3.99. The predicted molar refractivity (Wildman–Crippen MR) is 99.4 cm³/mol. The smallest absolute Gasteiger partial charge is 0.271 e. The van der Waals surface area contributed by atoms with Gasteiger partial charge in [-0.2, -0.15) is 5.10 Å². The van der Waals surface area contributed by atoms with Gasteiger partial charge in [0.2, 0.25) is 0 Å². The first-order valence-corrected chi connectivity index (χ1v) is 8.29. The monoisotopic (exact) mass is 340 g/mol. The Morgan fingerprint density at radius 1 is 1.16 bits per heavy atom. The van der Waals surface area contributed by atoms with Crippen LogP contribution in [-0.4, -0.2) is 25.8 Å². The molecule has 0 spiro atoms. The van der Waals surface area contributed by atoms with E-state index in [1.54, 1.807) is 25.5 Å². The van der Waals surface area contributed by atoms with Crippen LogP contribution >= 0.6 is 0 Å². The number of nitrogens with zero attached hydrogens (tertiary/aromatic N) is 1. The van der Waals surface area contributed by atoms with Crippen LogP contribution in [0.1, 0.15) is 36.2 Å². The Kier molecular flexibility index (Phi) is 7.01. The maximum absolute atomic E-state index is 11.9. The standard InChI is InChI=1S/C20H24N2O3/c1-15(2)11-12-25-18-10-9-16(13-19(18)24-3)14-21-22-20(23)17-7-5-4-6-8-17/h4-10,13-15H,11-12H2,1-3H3,(H,22,23)/b21-14-. The molecule has 0 fully saturated rings. The van der Waals surface area contributed by atoms with Gasteiger partial charge in [0.15, 0.2) is 11.5 Å². The first-order chi connectivity index (χ1) is 12.1. The van der Waals surface area contributed by atoms with Crippen LogP contribution in [0.4, 0.5) is 0 Å². The van der Waals surface area contributed by atoms with Crippen molar-refractivity contribution < 1.29 is 14.3 Å². The van der Waals surface area contributed by atoms with Crippen molar-refractivity contribution in [3.05, 3.63) is 59.7 Å². The van der Waals surface area contributed by atoms with Crippen LogP contribution in [-0.2, 0) is 0 Å². The van der Waals surface area contributed by atoms with Crippen molar-refractivity contribution in [3.63, 3.8) is 0 Å². The van der Waals surface area contributed by atoms with Crippen LogP contribution in [0.15, 0.2) is 53.6 Å². The fraction of sp³-hybridized carbons (Fsp3) is 0.300. The summed E-state index contributed by atoms with van der Waals surface area (Å²) >= 11 is 0. The number of benzene rings is 2. The van der Waals surface area contributed by atoms with Gasteiger partial charge < -0.3 is 9.47 Å². The fourth-order valence-corrected chi connectivity index (χ4v) is 2.11. The Morgan fingerprint density at radius 3 is 2.60 bits per heavy atom. The van der Waals surface area contributed by atoms with Gasteiger partial charge in [-0.25, -0.2) is 5.43 Å². The highest BCUT2D eigenvalue weighted by Gasteiger charge is 2.06. The highest BCUT2D eigenvalue weighted by Crippen LogP contribution is 2.27. The molecular formula is C20H24N2O3. The van der Waals surface area contributed by atoms with Crippen LogP contribution < -0.4 is 14.9 Å². The SMILES string of the molecule is COc1cc(/C=N\NC(=O)c2ccccc2)ccc1OCCC(C)C. The molecule has 25 heavy (non-hydrogen) atoms. The lowest BCUT2D eigenvalue weighted by atomic mass is 10.1. The molecule has 1 N–H and O–H groups in total. The second kappa shape index (κ2) is 9.47. The van der Waals surface area contributed by atoms with Gasteiger partial charge in [-0.15, -0.1) is 0 Å². The summed E-state index contributed by atoms with van der Waals surface area (Å²) in [6.07, 6.45) is 2.55. The predicted octanol–water partition coefficient (Wildman–Crippen LogP) is 3.88. The molecule has 0 saturated carbocycles. The third-order valence-electron chi connectivity index (χ3n) is 3.56. The number of rotatable bonds is 8. The van der Waals surface area contributed by atoms with E-state index in [1.165, 1.54) is 0 Å². The summed E-state index contributed by atoms with van der Waals surface area (Å²) < 4.78 is 11.1. The zero-order chi connectivity index (χ0) is 18.1. The first kappa shape index (κ1) is 18.5. The molecule has 2 aromatic carbocycles. The molecular weight excluding hydrogens is 316 g/mol. The molecule has 0 aliphatic rings. The Labute approximate surface area is 148 Å². The number of hydrazone groups is 1. The summed E-state index contributed by atoms with van der Waals surface area (Å²) in [6, 6.07) is 14.5. The maximum atomic E-state index is 11.9. The van der Waals surface area contributed by atoms with E-state index >= 15 is 0 Å². The molecule has 1 amide bonds. The topological polar surface area (TPSA) is 59.9 Å². The number of hydrogen-bond acceptors (Lipinski definition) is 4. The van der Waals surface area contributed by atoms with Gasteiger partial charge in [-0.05, 0) is 48.2 Å². The zero-order valence-corrected chi connectivity index (χ0v) is 14.9. The summed E-state index contributed by atoms with van der Waals surface area (Å²) in [5.41, 5.74) is 3.87. The average Bonchev–Trinajstić information content (AvgIpc) is 2.63. The zero-order valence-electron chi connectivity index (χ0n) is 14.9. The van der Waals surface area contributed by atoms with E-state index in [0.717, 1.165) is 12.0 Å². The van der Waals surface area contributed by atoms with Crippen LogP contribution in [0.3, 0.4) is 0 Å². The fourth-order valence-electron chi connectivity index (χ4n) is 2.11. The summed E-state index contributed by atoms with van der Waals surface area (Å²) in [7, 11) is 1.60. The summed E-state index contributed by atoms with van der Waals surface area (Å²) in [5.74, 6) is 1.68. The minimum atomic E-state index is -0.252. The molecule has 5 heteroatoms. The van der Waals surface area contributed by atoms with Crippen molar-refractivity contribution in [1.82, 2.24) is 5.43 Å². The molecule has 0 radical (unpaired) electrons. The second-order valence-corrected chi connectivity index (χ2v) is 6.01. The number of carbonyl (C=O) groups is 1. The quantitative estimate of drug-likeness (QED) is 0.586. The van der Waals surface area contributed by atoms with E-state index < -0.39 is 0 Å². The molecule has 0 bridgehead atoms. The van der Waals surface area contributed by atoms with E-state index in [2.05, 4.69) is 24.4 Å². The lowest BCUT2D eigenvalue weighted by Gasteiger charge is -2.12. The van der Waals surface area contributed by atoms with Gasteiger partial charge in [0, 0.05) is 5.56 Å². The Hall–Kier alpha value is -2.82. The second-order valence-electron chi connectivity index (χ2n) is 6.01. The lowest BCUT2D eigenvalue weighted by molar-refractivity contribution is 0.0955. The molecule has 5 nitrogen and oxygen atoms in total. The number of nitrogens with one attached hydrogen (secondary N) is 1. The average molecular weight is 340 g/mol. The van der Waals surface area contributed by atoms with Crippen LogP contribution in [0.5, 0.6) is 11.5 Å². The largest absolute Gasteiger partial charge is 0.493 e. The lowest BCUT2D eigenvalue weighted by Crippen LogP contribution is -2.17. The molecule has 0 unspecified atom stereocenters. The third kappa shape index (κ3) is 5.95. The molecule has 2 rings (SSSR count). The van der Waals surface area contributed by atoms with Gasteiger partial charge in [0.25, 0.3) is 5.91 Å². The Bertz CT molecular complexity index is 712. The van der Waals surface area contributed by atoms with E-state index in [-0.39, 0.29) is 5.91 Å². The molecule has 0 aliphatic carbocycles. The van der Waals surface area contributed by atoms with Crippen LogP contribution in [0.2, 0.25) is 0 Å². The van der Waals surface area contributed by atoms with Crippen molar-refractivity contribution in [2.45, 2.75) is 20.3 Å². The highest BCUT2D eigenvalue weighted by molar-refractivity contribution is 5.94. The van der Waals surface area contributed by atoms with Gasteiger partial charge in [-0.3, -0.25) is 4.79 Å². The molecule has 0 aliphatic heterocycles. The van der Waals surface area contributed by atoms with Crippen molar-refractivity contribution in [2.24, 2.45) is 11.0 Å². The third-order valence-corrected chi connectivity index (χ3v) is 3.56. The Balaban J connectivity index is 1.96. The van der Waals surface area contributed by atoms with Crippen molar-refractivity contribution in [1.29, 1.82) is 0 Å².